The van der Waals surface area contributed by atoms with Crippen LogP contribution in [0.3, 0.4) is 0 Å². The first-order valence-electron chi connectivity index (χ1n) is 8.08. The fourth-order valence-electron chi connectivity index (χ4n) is 3.43. The molecular weight excluding hydrogens is 320 g/mol. The van der Waals surface area contributed by atoms with Crippen molar-refractivity contribution in [3.63, 3.8) is 0 Å². The maximum atomic E-state index is 12.5. The van der Waals surface area contributed by atoms with Crippen molar-refractivity contribution in [1.82, 2.24) is 9.80 Å². The van der Waals surface area contributed by atoms with Crippen molar-refractivity contribution in [3.05, 3.63) is 70.3 Å². The number of carboxylic acid groups (broad SMARTS) is 1. The minimum atomic E-state index is -0.916. The van der Waals surface area contributed by atoms with Crippen molar-refractivity contribution in [2.75, 3.05) is 6.54 Å². The highest BCUT2D eigenvalue weighted by molar-refractivity contribution is 6.21. The van der Waals surface area contributed by atoms with Crippen LogP contribution in [0.15, 0.2) is 42.5 Å². The molecule has 0 saturated carbocycles. The SMILES string of the molecule is O=C(O)N1CCc2cc(CN3C(=O)c4ccccc4C3=O)ccc2C1. The third kappa shape index (κ3) is 2.55. The summed E-state index contributed by atoms with van der Waals surface area (Å²) in [4.78, 5) is 38.6. The predicted octanol–water partition coefficient (Wildman–Crippen LogP) is 2.52. The van der Waals surface area contributed by atoms with Gasteiger partial charge in [0.05, 0.1) is 17.7 Å². The third-order valence-corrected chi connectivity index (χ3v) is 4.77. The first kappa shape index (κ1) is 15.4. The van der Waals surface area contributed by atoms with Gasteiger partial charge in [-0.15, -0.1) is 0 Å². The summed E-state index contributed by atoms with van der Waals surface area (Å²) in [5.41, 5.74) is 3.81. The Morgan fingerprint density at radius 3 is 2.32 bits per heavy atom. The second-order valence-electron chi connectivity index (χ2n) is 6.30. The monoisotopic (exact) mass is 336 g/mol. The molecular formula is C19H16N2O4. The number of carbonyl (C=O) groups is 3. The molecule has 0 atom stereocenters. The summed E-state index contributed by atoms with van der Waals surface area (Å²) in [5.74, 6) is -0.536. The second-order valence-corrected chi connectivity index (χ2v) is 6.30. The molecule has 0 aliphatic carbocycles. The van der Waals surface area contributed by atoms with E-state index in [1.165, 1.54) is 9.80 Å². The number of hydrogen-bond acceptors (Lipinski definition) is 3. The van der Waals surface area contributed by atoms with Crippen molar-refractivity contribution >= 4 is 17.9 Å². The van der Waals surface area contributed by atoms with Crippen LogP contribution in [0, 0.1) is 0 Å². The molecule has 3 amide bonds. The summed E-state index contributed by atoms with van der Waals surface area (Å²) in [6, 6.07) is 12.6. The lowest BCUT2D eigenvalue weighted by molar-refractivity contribution is 0.0642. The number of hydrogen-bond donors (Lipinski definition) is 1. The van der Waals surface area contributed by atoms with Crippen molar-refractivity contribution in [2.45, 2.75) is 19.5 Å². The average molecular weight is 336 g/mol. The summed E-state index contributed by atoms with van der Waals surface area (Å²) < 4.78 is 0. The van der Waals surface area contributed by atoms with Crippen LogP contribution in [-0.4, -0.2) is 39.4 Å². The van der Waals surface area contributed by atoms with Gasteiger partial charge in [0.25, 0.3) is 11.8 Å². The molecule has 0 saturated heterocycles. The molecule has 2 aromatic rings. The molecule has 2 heterocycles. The molecule has 0 spiro atoms. The van der Waals surface area contributed by atoms with Crippen molar-refractivity contribution < 1.29 is 19.5 Å². The maximum Gasteiger partial charge on any atom is 0.407 e. The van der Waals surface area contributed by atoms with Gasteiger partial charge in [0.2, 0.25) is 0 Å². The number of fused-ring (bicyclic) bond motifs is 2. The summed E-state index contributed by atoms with van der Waals surface area (Å²) in [5, 5.41) is 9.10. The zero-order valence-corrected chi connectivity index (χ0v) is 13.4. The summed E-state index contributed by atoms with van der Waals surface area (Å²) in [7, 11) is 0. The van der Waals surface area contributed by atoms with E-state index in [0.717, 1.165) is 16.7 Å². The number of carbonyl (C=O) groups excluding carboxylic acids is 2. The highest BCUT2D eigenvalue weighted by Crippen LogP contribution is 2.26. The molecule has 0 radical (unpaired) electrons. The minimum Gasteiger partial charge on any atom is -0.465 e. The Morgan fingerprint density at radius 2 is 1.68 bits per heavy atom. The summed E-state index contributed by atoms with van der Waals surface area (Å²) in [6.07, 6.45) is -0.279. The van der Waals surface area contributed by atoms with Gasteiger partial charge in [-0.25, -0.2) is 4.79 Å². The van der Waals surface area contributed by atoms with Gasteiger partial charge in [0, 0.05) is 13.1 Å². The predicted molar refractivity (Wildman–Crippen MR) is 89.2 cm³/mol. The highest BCUT2D eigenvalue weighted by atomic mass is 16.4. The van der Waals surface area contributed by atoms with Crippen LogP contribution in [0.2, 0.25) is 0 Å². The fourth-order valence-corrected chi connectivity index (χ4v) is 3.43. The van der Waals surface area contributed by atoms with Crippen LogP contribution < -0.4 is 0 Å². The van der Waals surface area contributed by atoms with E-state index < -0.39 is 6.09 Å². The fraction of sp³-hybridized carbons (Fsp3) is 0.211. The number of nitrogens with zero attached hydrogens (tertiary/aromatic N) is 2. The molecule has 6 heteroatoms. The van der Waals surface area contributed by atoms with Crippen molar-refractivity contribution in [2.24, 2.45) is 0 Å². The van der Waals surface area contributed by atoms with Crippen molar-refractivity contribution in [1.29, 1.82) is 0 Å². The maximum absolute atomic E-state index is 12.5. The van der Waals surface area contributed by atoms with E-state index >= 15 is 0 Å². The molecule has 2 aliphatic heterocycles. The van der Waals surface area contributed by atoms with E-state index in [1.54, 1.807) is 24.3 Å². The van der Waals surface area contributed by atoms with Crippen LogP contribution in [0.25, 0.3) is 0 Å². The molecule has 6 nitrogen and oxygen atoms in total. The molecule has 25 heavy (non-hydrogen) atoms. The molecule has 126 valence electrons. The zero-order chi connectivity index (χ0) is 17.6. The van der Waals surface area contributed by atoms with Gasteiger partial charge in [-0.1, -0.05) is 30.3 Å². The summed E-state index contributed by atoms with van der Waals surface area (Å²) in [6.45, 7) is 1.05. The lowest BCUT2D eigenvalue weighted by atomic mass is 9.97. The van der Waals surface area contributed by atoms with Crippen LogP contribution >= 0.6 is 0 Å². The molecule has 4 rings (SSSR count). The lowest BCUT2D eigenvalue weighted by Crippen LogP contribution is -2.35. The van der Waals surface area contributed by atoms with Crippen molar-refractivity contribution in [3.8, 4) is 0 Å². The zero-order valence-electron chi connectivity index (χ0n) is 13.4. The van der Waals surface area contributed by atoms with Gasteiger partial charge in [-0.05, 0) is 35.2 Å². The van der Waals surface area contributed by atoms with E-state index in [4.69, 9.17) is 5.11 Å². The Kier molecular flexibility index (Phi) is 3.53. The van der Waals surface area contributed by atoms with Crippen LogP contribution in [-0.2, 0) is 19.5 Å². The Hall–Kier alpha value is -3.15. The van der Waals surface area contributed by atoms with Gasteiger partial charge in [0.1, 0.15) is 0 Å². The van der Waals surface area contributed by atoms with Gasteiger partial charge < -0.3 is 10.0 Å². The van der Waals surface area contributed by atoms with E-state index in [1.807, 2.05) is 18.2 Å². The Bertz CT molecular complexity index is 871. The standard InChI is InChI=1S/C19H16N2O4/c22-17-15-3-1-2-4-16(15)18(23)21(17)10-12-5-6-14-11-20(19(24)25)8-7-13(14)9-12/h1-6,9H,7-8,10-11H2,(H,24,25). The number of amides is 3. The van der Waals surface area contributed by atoms with Crippen LogP contribution in [0.4, 0.5) is 4.79 Å². The smallest absolute Gasteiger partial charge is 0.407 e. The summed E-state index contributed by atoms with van der Waals surface area (Å²) >= 11 is 0. The number of rotatable bonds is 2. The van der Waals surface area contributed by atoms with E-state index in [0.29, 0.717) is 30.6 Å². The van der Waals surface area contributed by atoms with Gasteiger partial charge in [-0.2, -0.15) is 0 Å². The first-order chi connectivity index (χ1) is 12.0. The number of benzene rings is 2. The Balaban J connectivity index is 1.56. The largest absolute Gasteiger partial charge is 0.465 e. The highest BCUT2D eigenvalue weighted by Gasteiger charge is 2.35. The van der Waals surface area contributed by atoms with E-state index in [9.17, 15) is 14.4 Å². The topological polar surface area (TPSA) is 77.9 Å². The molecule has 0 fully saturated rings. The molecule has 0 aromatic heterocycles. The quantitative estimate of drug-likeness (QED) is 0.855. The first-order valence-corrected chi connectivity index (χ1v) is 8.08. The molecule has 2 aliphatic rings. The molecule has 0 unspecified atom stereocenters. The van der Waals surface area contributed by atoms with E-state index in [-0.39, 0.29) is 18.4 Å². The normalized spacial score (nSPS) is 16.0. The van der Waals surface area contributed by atoms with Gasteiger partial charge in [0.15, 0.2) is 0 Å². The second kappa shape index (κ2) is 5.73. The average Bonchev–Trinajstić information content (AvgIpc) is 2.86. The molecule has 1 N–H and O–H groups in total. The lowest BCUT2D eigenvalue weighted by Gasteiger charge is -2.27. The van der Waals surface area contributed by atoms with Gasteiger partial charge >= 0.3 is 6.09 Å². The van der Waals surface area contributed by atoms with Crippen LogP contribution in [0.5, 0.6) is 0 Å². The van der Waals surface area contributed by atoms with Crippen LogP contribution in [0.1, 0.15) is 37.4 Å². The molecule has 2 aromatic carbocycles. The number of imide groups is 1. The van der Waals surface area contributed by atoms with E-state index in [2.05, 4.69) is 0 Å². The molecule has 0 bridgehead atoms. The minimum absolute atomic E-state index is 0.224. The van der Waals surface area contributed by atoms with Gasteiger partial charge in [-0.3, -0.25) is 14.5 Å². The Morgan fingerprint density at radius 1 is 1.00 bits per heavy atom. The third-order valence-electron chi connectivity index (χ3n) is 4.77. The Labute approximate surface area is 144 Å².